The van der Waals surface area contributed by atoms with E-state index in [1.807, 2.05) is 11.8 Å². The summed E-state index contributed by atoms with van der Waals surface area (Å²) >= 11 is 1.77. The number of thiophene rings is 1. The summed E-state index contributed by atoms with van der Waals surface area (Å²) in [4.78, 5) is 19.3. The second kappa shape index (κ2) is 7.64. The zero-order valence-corrected chi connectivity index (χ0v) is 15.9. The summed E-state index contributed by atoms with van der Waals surface area (Å²) < 4.78 is 0. The number of likely N-dealkylation sites (tertiary alicyclic amines) is 1. The summed E-state index contributed by atoms with van der Waals surface area (Å²) in [6, 6.07) is 12.5. The van der Waals surface area contributed by atoms with E-state index in [1.165, 1.54) is 15.8 Å². The fraction of sp³-hybridized carbons (Fsp3) is 0.381. The van der Waals surface area contributed by atoms with Crippen molar-refractivity contribution in [3.05, 3.63) is 58.4 Å². The van der Waals surface area contributed by atoms with Crippen molar-refractivity contribution < 1.29 is 4.79 Å². The topological polar surface area (TPSA) is 48.1 Å². The van der Waals surface area contributed by atoms with Gasteiger partial charge in [0.15, 0.2) is 0 Å². The van der Waals surface area contributed by atoms with Gasteiger partial charge in [0.05, 0.1) is 6.04 Å². The van der Waals surface area contributed by atoms with Gasteiger partial charge in [-0.25, -0.2) is 0 Å². The first-order valence-corrected chi connectivity index (χ1v) is 10.2. The van der Waals surface area contributed by atoms with Crippen molar-refractivity contribution in [1.29, 1.82) is 0 Å². The summed E-state index contributed by atoms with van der Waals surface area (Å²) in [7, 11) is 0. The highest BCUT2D eigenvalue weighted by Gasteiger charge is 2.25. The third-order valence-corrected chi connectivity index (χ3v) is 6.29. The molecular formula is C21H25N3OS. The number of nitrogens with one attached hydrogen (secondary N) is 2. The number of aromatic nitrogens is 1. The third-order valence-electron chi connectivity index (χ3n) is 5.30. The lowest BCUT2D eigenvalue weighted by atomic mass is 9.96. The Balaban J connectivity index is 1.54. The number of H-pyrrole nitrogens is 1. The summed E-state index contributed by atoms with van der Waals surface area (Å²) in [5.74, 6) is 0.464. The molecule has 2 aromatic heterocycles. The Morgan fingerprint density at radius 2 is 2.04 bits per heavy atom. The molecule has 26 heavy (non-hydrogen) atoms. The molecule has 0 saturated carbocycles. The van der Waals surface area contributed by atoms with Crippen molar-refractivity contribution in [3.8, 4) is 0 Å². The van der Waals surface area contributed by atoms with E-state index in [1.54, 1.807) is 11.3 Å². The van der Waals surface area contributed by atoms with Gasteiger partial charge < -0.3 is 15.2 Å². The Hall–Kier alpha value is -2.11. The van der Waals surface area contributed by atoms with Crippen LogP contribution in [0.5, 0.6) is 0 Å². The van der Waals surface area contributed by atoms with Gasteiger partial charge in [-0.1, -0.05) is 24.3 Å². The number of amides is 1. The van der Waals surface area contributed by atoms with Crippen LogP contribution >= 0.6 is 11.3 Å². The van der Waals surface area contributed by atoms with Crippen LogP contribution in [0.2, 0.25) is 0 Å². The molecule has 4 nitrogen and oxygen atoms in total. The molecule has 0 spiro atoms. The van der Waals surface area contributed by atoms with Crippen LogP contribution in [-0.4, -0.2) is 41.5 Å². The van der Waals surface area contributed by atoms with E-state index in [-0.39, 0.29) is 17.9 Å². The Morgan fingerprint density at radius 3 is 2.81 bits per heavy atom. The molecule has 1 aliphatic rings. The molecule has 0 bridgehead atoms. The van der Waals surface area contributed by atoms with Gasteiger partial charge in [-0.2, -0.15) is 0 Å². The molecule has 2 N–H and O–H groups in total. The van der Waals surface area contributed by atoms with E-state index in [9.17, 15) is 4.79 Å². The highest BCUT2D eigenvalue weighted by molar-refractivity contribution is 7.10. The van der Waals surface area contributed by atoms with Crippen LogP contribution < -0.4 is 5.32 Å². The second-order valence-corrected chi connectivity index (χ2v) is 8.00. The lowest BCUT2D eigenvalue weighted by molar-refractivity contribution is -0.131. The molecule has 1 amide bonds. The number of hydrogen-bond donors (Lipinski definition) is 2. The number of carbonyl (C=O) groups excluding carboxylic acids is 1. The Morgan fingerprint density at radius 1 is 1.23 bits per heavy atom. The van der Waals surface area contributed by atoms with Gasteiger partial charge in [0, 0.05) is 47.5 Å². The molecule has 2 atom stereocenters. The maximum absolute atomic E-state index is 12.6. The Kier molecular flexibility index (Phi) is 5.09. The maximum Gasteiger partial charge on any atom is 0.239 e. The molecule has 136 valence electrons. The van der Waals surface area contributed by atoms with Crippen LogP contribution in [-0.2, 0) is 4.79 Å². The molecule has 1 aromatic carbocycles. The molecule has 1 fully saturated rings. The normalized spacial score (nSPS) is 16.9. The van der Waals surface area contributed by atoms with E-state index < -0.39 is 0 Å². The number of rotatable bonds is 6. The zero-order chi connectivity index (χ0) is 17.9. The zero-order valence-electron chi connectivity index (χ0n) is 15.1. The number of nitrogens with zero attached hydrogens (tertiary/aromatic N) is 1. The summed E-state index contributed by atoms with van der Waals surface area (Å²) in [6.07, 6.45) is 4.38. The van der Waals surface area contributed by atoms with Gasteiger partial charge in [0.2, 0.25) is 5.91 Å². The summed E-state index contributed by atoms with van der Waals surface area (Å²) in [5.41, 5.74) is 2.45. The maximum atomic E-state index is 12.6. The molecule has 3 aromatic rings. The standard InChI is InChI=1S/C21H25N3OS/c1-15(21(25)24-10-4-5-11-24)22-14-18(20-9-6-12-26-20)17-13-23-19-8-3-2-7-16(17)19/h2-3,6-9,12-13,15,18,22-23H,4-5,10-11,14H2,1H3/t15-,18+/m1/s1. The van der Waals surface area contributed by atoms with Crippen molar-refractivity contribution in [3.63, 3.8) is 0 Å². The fourth-order valence-corrected chi connectivity index (χ4v) is 4.67. The molecule has 1 aliphatic heterocycles. The quantitative estimate of drug-likeness (QED) is 0.693. The minimum absolute atomic E-state index is 0.152. The number of aromatic amines is 1. The van der Waals surface area contributed by atoms with Crippen molar-refractivity contribution >= 4 is 28.1 Å². The van der Waals surface area contributed by atoms with Crippen LogP contribution in [0.25, 0.3) is 10.9 Å². The number of benzene rings is 1. The lowest BCUT2D eigenvalue weighted by Gasteiger charge is -2.23. The number of hydrogen-bond acceptors (Lipinski definition) is 3. The largest absolute Gasteiger partial charge is 0.361 e. The highest BCUT2D eigenvalue weighted by atomic mass is 32.1. The minimum Gasteiger partial charge on any atom is -0.361 e. The van der Waals surface area contributed by atoms with E-state index in [0.29, 0.717) is 0 Å². The Labute approximate surface area is 158 Å². The van der Waals surface area contributed by atoms with Crippen molar-refractivity contribution in [1.82, 2.24) is 15.2 Å². The van der Waals surface area contributed by atoms with Crippen LogP contribution in [0, 0.1) is 0 Å². The molecule has 1 saturated heterocycles. The smallest absolute Gasteiger partial charge is 0.239 e. The van der Waals surface area contributed by atoms with E-state index >= 15 is 0 Å². The predicted molar refractivity (Wildman–Crippen MR) is 108 cm³/mol. The van der Waals surface area contributed by atoms with E-state index in [0.717, 1.165) is 38.0 Å². The van der Waals surface area contributed by atoms with Crippen LogP contribution in [0.4, 0.5) is 0 Å². The monoisotopic (exact) mass is 367 g/mol. The molecular weight excluding hydrogens is 342 g/mol. The van der Waals surface area contributed by atoms with Gasteiger partial charge in [0.25, 0.3) is 0 Å². The fourth-order valence-electron chi connectivity index (χ4n) is 3.83. The highest BCUT2D eigenvalue weighted by Crippen LogP contribution is 2.32. The SMILES string of the molecule is C[C@@H](NC[C@H](c1cccs1)c1c[nH]c2ccccc12)C(=O)N1CCCC1. The van der Waals surface area contributed by atoms with E-state index in [4.69, 9.17) is 0 Å². The first kappa shape index (κ1) is 17.3. The molecule has 5 heteroatoms. The number of fused-ring (bicyclic) bond motifs is 1. The first-order valence-electron chi connectivity index (χ1n) is 9.35. The van der Waals surface area contributed by atoms with E-state index in [2.05, 4.69) is 58.3 Å². The summed E-state index contributed by atoms with van der Waals surface area (Å²) in [5, 5.41) is 6.88. The van der Waals surface area contributed by atoms with Crippen molar-refractivity contribution in [2.24, 2.45) is 0 Å². The molecule has 3 heterocycles. The third kappa shape index (κ3) is 3.41. The molecule has 0 radical (unpaired) electrons. The van der Waals surface area contributed by atoms with Gasteiger partial charge >= 0.3 is 0 Å². The van der Waals surface area contributed by atoms with Crippen LogP contribution in [0.1, 0.15) is 36.1 Å². The van der Waals surface area contributed by atoms with Crippen molar-refractivity contribution in [2.45, 2.75) is 31.7 Å². The van der Waals surface area contributed by atoms with Crippen molar-refractivity contribution in [2.75, 3.05) is 19.6 Å². The minimum atomic E-state index is -0.152. The molecule has 0 aliphatic carbocycles. The molecule has 4 rings (SSSR count). The second-order valence-electron chi connectivity index (χ2n) is 7.02. The van der Waals surface area contributed by atoms with Crippen LogP contribution in [0.15, 0.2) is 48.0 Å². The van der Waals surface area contributed by atoms with Gasteiger partial charge in [-0.15, -0.1) is 11.3 Å². The lowest BCUT2D eigenvalue weighted by Crippen LogP contribution is -2.44. The van der Waals surface area contributed by atoms with Gasteiger partial charge in [-0.3, -0.25) is 4.79 Å². The van der Waals surface area contributed by atoms with Gasteiger partial charge in [0.1, 0.15) is 0 Å². The average Bonchev–Trinajstić information content (AvgIpc) is 3.42. The Bertz CT molecular complexity index is 864. The molecule has 0 unspecified atom stereocenters. The van der Waals surface area contributed by atoms with Crippen LogP contribution in [0.3, 0.4) is 0 Å². The van der Waals surface area contributed by atoms with Gasteiger partial charge in [-0.05, 0) is 42.8 Å². The first-order chi connectivity index (χ1) is 12.7. The number of carbonyl (C=O) groups is 1. The average molecular weight is 368 g/mol. The predicted octanol–water partition coefficient (Wildman–Crippen LogP) is 3.96. The summed E-state index contributed by atoms with van der Waals surface area (Å²) in [6.45, 7) is 4.55. The number of para-hydroxylation sites is 1.